The van der Waals surface area contributed by atoms with Crippen molar-refractivity contribution in [3.63, 3.8) is 0 Å². The number of rotatable bonds is 3. The van der Waals surface area contributed by atoms with Gasteiger partial charge in [0.2, 0.25) is 0 Å². The Bertz CT molecular complexity index is 764. The maximum atomic E-state index is 13.7. The van der Waals surface area contributed by atoms with E-state index in [-0.39, 0.29) is 11.3 Å². The number of aromatic amines is 1. The van der Waals surface area contributed by atoms with E-state index in [0.717, 1.165) is 11.0 Å². The molecule has 0 aliphatic rings. The fourth-order valence-corrected chi connectivity index (χ4v) is 3.02. The van der Waals surface area contributed by atoms with Crippen LogP contribution >= 0.6 is 11.8 Å². The summed E-state index contributed by atoms with van der Waals surface area (Å²) in [6.07, 6.45) is 0. The van der Waals surface area contributed by atoms with Crippen LogP contribution in [0.15, 0.2) is 52.5 Å². The van der Waals surface area contributed by atoms with Crippen LogP contribution in [0.4, 0.5) is 4.39 Å². The van der Waals surface area contributed by atoms with Gasteiger partial charge in [0.25, 0.3) is 0 Å². The fourth-order valence-electron chi connectivity index (χ4n) is 2.01. The molecule has 0 fully saturated rings. The number of carbonyl (C=O) groups excluding carboxylic acids is 1. The van der Waals surface area contributed by atoms with Crippen molar-refractivity contribution in [1.29, 1.82) is 0 Å². The minimum atomic E-state index is -0.501. The molecule has 2 aromatic carbocycles. The number of hydrogen-bond donors (Lipinski definition) is 1. The van der Waals surface area contributed by atoms with E-state index in [0.29, 0.717) is 10.1 Å². The van der Waals surface area contributed by atoms with Gasteiger partial charge in [-0.25, -0.2) is 9.37 Å². The lowest BCUT2D eigenvalue weighted by molar-refractivity contribution is 0.101. The predicted octanol–water partition coefficient (Wildman–Crippen LogP) is 4.06. The van der Waals surface area contributed by atoms with Gasteiger partial charge < -0.3 is 4.98 Å². The summed E-state index contributed by atoms with van der Waals surface area (Å²) >= 11 is 1.25. The highest BCUT2D eigenvalue weighted by molar-refractivity contribution is 7.99. The van der Waals surface area contributed by atoms with Crippen LogP contribution < -0.4 is 0 Å². The van der Waals surface area contributed by atoms with E-state index in [1.54, 1.807) is 12.1 Å². The Labute approximate surface area is 119 Å². The molecule has 1 heterocycles. The summed E-state index contributed by atoms with van der Waals surface area (Å²) in [6, 6.07) is 12.2. The van der Waals surface area contributed by atoms with E-state index in [1.165, 1.54) is 24.8 Å². The molecule has 0 bridgehead atoms. The van der Waals surface area contributed by atoms with Crippen molar-refractivity contribution in [3.8, 4) is 0 Å². The van der Waals surface area contributed by atoms with Gasteiger partial charge in [-0.3, -0.25) is 4.79 Å². The monoisotopic (exact) mass is 286 g/mol. The molecule has 0 atom stereocenters. The maximum absolute atomic E-state index is 13.7. The average molecular weight is 286 g/mol. The number of Topliss-reactive ketones (excluding diaryl/α,β-unsaturated/α-hetero) is 1. The van der Waals surface area contributed by atoms with Crippen molar-refractivity contribution in [3.05, 3.63) is 53.8 Å². The predicted molar refractivity (Wildman–Crippen MR) is 76.6 cm³/mol. The second kappa shape index (κ2) is 5.09. The third-order valence-electron chi connectivity index (χ3n) is 2.90. The van der Waals surface area contributed by atoms with Crippen molar-refractivity contribution >= 4 is 28.6 Å². The topological polar surface area (TPSA) is 45.8 Å². The van der Waals surface area contributed by atoms with Gasteiger partial charge in [-0.15, -0.1) is 0 Å². The zero-order chi connectivity index (χ0) is 14.1. The highest BCUT2D eigenvalue weighted by Gasteiger charge is 2.15. The average Bonchev–Trinajstić information content (AvgIpc) is 2.80. The summed E-state index contributed by atoms with van der Waals surface area (Å²) in [5.74, 6) is -0.791. The SMILES string of the molecule is CC(=O)c1c(F)cccc1Sc1nc2ccccc2[nH]1. The molecule has 5 heteroatoms. The second-order valence-electron chi connectivity index (χ2n) is 4.33. The minimum absolute atomic E-state index is 0.109. The highest BCUT2D eigenvalue weighted by atomic mass is 32.2. The normalized spacial score (nSPS) is 10.9. The summed E-state index contributed by atoms with van der Waals surface area (Å²) in [5.41, 5.74) is 1.87. The quantitative estimate of drug-likeness (QED) is 0.739. The Balaban J connectivity index is 2.02. The van der Waals surface area contributed by atoms with Crippen LogP contribution in [0.3, 0.4) is 0 Å². The van der Waals surface area contributed by atoms with Crippen LogP contribution in [0, 0.1) is 5.82 Å². The van der Waals surface area contributed by atoms with Crippen molar-refractivity contribution in [1.82, 2.24) is 9.97 Å². The lowest BCUT2D eigenvalue weighted by Crippen LogP contribution is -1.99. The summed E-state index contributed by atoms with van der Waals surface area (Å²) in [7, 11) is 0. The molecule has 20 heavy (non-hydrogen) atoms. The largest absolute Gasteiger partial charge is 0.333 e. The molecule has 1 aromatic heterocycles. The van der Waals surface area contributed by atoms with E-state index in [4.69, 9.17) is 0 Å². The van der Waals surface area contributed by atoms with Gasteiger partial charge in [-0.1, -0.05) is 30.0 Å². The third-order valence-corrected chi connectivity index (χ3v) is 3.85. The van der Waals surface area contributed by atoms with Gasteiger partial charge in [-0.05, 0) is 31.2 Å². The number of para-hydroxylation sites is 2. The van der Waals surface area contributed by atoms with Gasteiger partial charge in [0.1, 0.15) is 5.82 Å². The van der Waals surface area contributed by atoms with Crippen molar-refractivity contribution in [2.24, 2.45) is 0 Å². The molecule has 3 aromatic rings. The molecule has 3 rings (SSSR count). The number of halogens is 1. The van der Waals surface area contributed by atoms with Crippen molar-refractivity contribution in [2.45, 2.75) is 17.0 Å². The number of ketones is 1. The first-order valence-electron chi connectivity index (χ1n) is 6.07. The lowest BCUT2D eigenvalue weighted by Gasteiger charge is -2.05. The smallest absolute Gasteiger partial charge is 0.171 e. The highest BCUT2D eigenvalue weighted by Crippen LogP contribution is 2.31. The van der Waals surface area contributed by atoms with E-state index in [9.17, 15) is 9.18 Å². The molecule has 0 radical (unpaired) electrons. The Morgan fingerprint density at radius 2 is 2.00 bits per heavy atom. The first-order valence-corrected chi connectivity index (χ1v) is 6.89. The number of nitrogens with zero attached hydrogens (tertiary/aromatic N) is 1. The summed E-state index contributed by atoms with van der Waals surface area (Å²) < 4.78 is 13.7. The van der Waals surface area contributed by atoms with Gasteiger partial charge in [-0.2, -0.15) is 0 Å². The summed E-state index contributed by atoms with van der Waals surface area (Å²) in [6.45, 7) is 1.36. The van der Waals surface area contributed by atoms with Gasteiger partial charge in [0, 0.05) is 4.90 Å². The molecule has 100 valence electrons. The summed E-state index contributed by atoms with van der Waals surface area (Å²) in [5, 5.41) is 0.638. The molecular weight excluding hydrogens is 275 g/mol. The molecule has 0 aliphatic carbocycles. The Morgan fingerprint density at radius 1 is 1.20 bits per heavy atom. The molecule has 0 spiro atoms. The molecule has 0 unspecified atom stereocenters. The van der Waals surface area contributed by atoms with E-state index >= 15 is 0 Å². The number of benzene rings is 2. The first kappa shape index (κ1) is 12.9. The molecule has 0 saturated heterocycles. The number of aromatic nitrogens is 2. The van der Waals surface area contributed by atoms with Crippen molar-refractivity contribution < 1.29 is 9.18 Å². The molecule has 3 nitrogen and oxygen atoms in total. The Kier molecular flexibility index (Phi) is 3.28. The van der Waals surface area contributed by atoms with Gasteiger partial charge in [0.15, 0.2) is 10.9 Å². The van der Waals surface area contributed by atoms with Crippen LogP contribution in [-0.4, -0.2) is 15.8 Å². The summed E-state index contributed by atoms with van der Waals surface area (Å²) in [4.78, 5) is 19.7. The van der Waals surface area contributed by atoms with E-state index < -0.39 is 5.82 Å². The number of H-pyrrole nitrogens is 1. The molecule has 0 amide bonds. The number of nitrogens with one attached hydrogen (secondary N) is 1. The maximum Gasteiger partial charge on any atom is 0.171 e. The number of imidazole rings is 1. The molecule has 0 aliphatic heterocycles. The van der Waals surface area contributed by atoms with Crippen molar-refractivity contribution in [2.75, 3.05) is 0 Å². The molecule has 0 saturated carbocycles. The fraction of sp³-hybridized carbons (Fsp3) is 0.0667. The standard InChI is InChI=1S/C15H11FN2OS/c1-9(19)14-10(16)5-4-8-13(14)20-15-17-11-6-2-3-7-12(11)18-15/h2-8H,1H3,(H,17,18). The second-order valence-corrected chi connectivity index (χ2v) is 5.36. The minimum Gasteiger partial charge on any atom is -0.333 e. The zero-order valence-corrected chi connectivity index (χ0v) is 11.5. The molecule has 1 N–H and O–H groups in total. The van der Waals surface area contributed by atoms with Crippen LogP contribution in [0.25, 0.3) is 11.0 Å². The van der Waals surface area contributed by atoms with E-state index in [2.05, 4.69) is 9.97 Å². The molecular formula is C15H11FN2OS. The Morgan fingerprint density at radius 3 is 2.75 bits per heavy atom. The number of hydrogen-bond acceptors (Lipinski definition) is 3. The van der Waals surface area contributed by atoms with E-state index in [1.807, 2.05) is 24.3 Å². The first-order chi connectivity index (χ1) is 9.65. The number of fused-ring (bicyclic) bond motifs is 1. The van der Waals surface area contributed by atoms with Crippen LogP contribution in [0.2, 0.25) is 0 Å². The van der Waals surface area contributed by atoms with Crippen LogP contribution in [0.1, 0.15) is 17.3 Å². The number of carbonyl (C=O) groups is 1. The van der Waals surface area contributed by atoms with Crippen LogP contribution in [-0.2, 0) is 0 Å². The van der Waals surface area contributed by atoms with Gasteiger partial charge in [0.05, 0.1) is 16.6 Å². The zero-order valence-electron chi connectivity index (χ0n) is 10.7. The van der Waals surface area contributed by atoms with Gasteiger partial charge >= 0.3 is 0 Å². The van der Waals surface area contributed by atoms with Crippen LogP contribution in [0.5, 0.6) is 0 Å². The third kappa shape index (κ3) is 2.32. The lowest BCUT2D eigenvalue weighted by atomic mass is 10.1. The Hall–Kier alpha value is -2.14.